The molecule has 2 aromatic rings. The number of fused-ring (bicyclic) bond motifs is 2. The lowest BCUT2D eigenvalue weighted by Crippen LogP contribution is -2.32. The molecular formula is C16H14BN2O. The second-order valence-electron chi connectivity index (χ2n) is 4.99. The maximum Gasteiger partial charge on any atom is 0.396 e. The van der Waals surface area contributed by atoms with E-state index in [9.17, 15) is 0 Å². The molecule has 0 fully saturated rings. The Bertz CT molecular complexity index is 713. The zero-order chi connectivity index (χ0) is 13.5. The van der Waals surface area contributed by atoms with Crippen molar-refractivity contribution < 1.29 is 4.74 Å². The molecule has 0 bridgehead atoms. The van der Waals surface area contributed by atoms with E-state index in [0.717, 1.165) is 12.3 Å². The minimum atomic E-state index is 0.886. The highest BCUT2D eigenvalue weighted by Crippen LogP contribution is 2.31. The van der Waals surface area contributed by atoms with Crippen molar-refractivity contribution >= 4 is 13.6 Å². The molecule has 2 aliphatic heterocycles. The van der Waals surface area contributed by atoms with Crippen molar-refractivity contribution in [2.45, 2.75) is 0 Å². The fourth-order valence-corrected chi connectivity index (χ4v) is 2.75. The van der Waals surface area contributed by atoms with Gasteiger partial charge >= 0.3 is 7.55 Å². The smallest absolute Gasteiger partial charge is 0.396 e. The van der Waals surface area contributed by atoms with E-state index in [2.05, 4.69) is 59.5 Å². The first-order valence-electron chi connectivity index (χ1n) is 6.70. The molecule has 0 amide bonds. The number of ether oxygens (including phenoxy) is 1. The standard InChI is InChI=1S/C16H14BN2O/c1-20-14-6-4-12(5-7-14)15-8-10-19-16(15)11-13-3-2-9-18(13)17-19/h2-8,10-11H,9H2,1H3. The number of rotatable bonds is 2. The molecule has 0 aliphatic carbocycles. The van der Waals surface area contributed by atoms with Crippen LogP contribution in [0, 0.1) is 0 Å². The van der Waals surface area contributed by atoms with Gasteiger partial charge in [-0.05, 0) is 42.1 Å². The first-order chi connectivity index (χ1) is 9.85. The average Bonchev–Trinajstić information content (AvgIpc) is 3.10. The quantitative estimate of drug-likeness (QED) is 0.773. The summed E-state index contributed by atoms with van der Waals surface area (Å²) < 4.78 is 7.39. The minimum Gasteiger partial charge on any atom is -0.497 e. The molecule has 4 rings (SSSR count). The normalized spacial score (nSPS) is 15.4. The highest BCUT2D eigenvalue weighted by Gasteiger charge is 2.22. The second-order valence-corrected chi connectivity index (χ2v) is 4.99. The average molecular weight is 261 g/mol. The maximum absolute atomic E-state index is 5.22. The van der Waals surface area contributed by atoms with E-state index in [-0.39, 0.29) is 0 Å². The fourth-order valence-electron chi connectivity index (χ4n) is 2.75. The Hall–Kier alpha value is -2.36. The molecule has 0 unspecified atom stereocenters. The summed E-state index contributed by atoms with van der Waals surface area (Å²) in [7, 11) is 3.84. The zero-order valence-electron chi connectivity index (χ0n) is 11.3. The van der Waals surface area contributed by atoms with E-state index >= 15 is 0 Å². The van der Waals surface area contributed by atoms with E-state index in [4.69, 9.17) is 4.74 Å². The van der Waals surface area contributed by atoms with Gasteiger partial charge in [0.2, 0.25) is 0 Å². The molecule has 1 radical (unpaired) electrons. The predicted octanol–water partition coefficient (Wildman–Crippen LogP) is 2.77. The van der Waals surface area contributed by atoms with E-state index < -0.39 is 0 Å². The summed E-state index contributed by atoms with van der Waals surface area (Å²) in [5.74, 6) is 0.886. The summed E-state index contributed by atoms with van der Waals surface area (Å²) in [5, 5.41) is 0. The summed E-state index contributed by atoms with van der Waals surface area (Å²) in [6.45, 7) is 0.960. The van der Waals surface area contributed by atoms with Gasteiger partial charge in [-0.1, -0.05) is 18.2 Å². The Kier molecular flexibility index (Phi) is 2.49. The SMILES string of the molecule is COc1ccc(-c2ccn3c2C=C2C=CCN2[B]3)cc1. The van der Waals surface area contributed by atoms with Crippen molar-refractivity contribution in [3.63, 3.8) is 0 Å². The van der Waals surface area contributed by atoms with Crippen molar-refractivity contribution in [1.29, 1.82) is 0 Å². The molecule has 3 nitrogen and oxygen atoms in total. The third kappa shape index (κ3) is 1.68. The van der Waals surface area contributed by atoms with Gasteiger partial charge in [0.1, 0.15) is 5.75 Å². The fraction of sp³-hybridized carbons (Fsp3) is 0.125. The van der Waals surface area contributed by atoms with Gasteiger partial charge in [-0.25, -0.2) is 0 Å². The van der Waals surface area contributed by atoms with Crippen LogP contribution in [0.15, 0.2) is 54.4 Å². The molecule has 0 spiro atoms. The Morgan fingerprint density at radius 2 is 2.00 bits per heavy atom. The van der Waals surface area contributed by atoms with Crippen LogP contribution in [-0.4, -0.2) is 30.5 Å². The lowest BCUT2D eigenvalue weighted by atomic mass is 9.99. The molecule has 0 saturated heterocycles. The van der Waals surface area contributed by atoms with Crippen molar-refractivity contribution in [2.75, 3.05) is 13.7 Å². The Labute approximate surface area is 119 Å². The molecular weight excluding hydrogens is 247 g/mol. The monoisotopic (exact) mass is 261 g/mol. The summed E-state index contributed by atoms with van der Waals surface area (Å²) >= 11 is 0. The molecule has 0 saturated carbocycles. The van der Waals surface area contributed by atoms with Gasteiger partial charge in [0.25, 0.3) is 0 Å². The molecule has 20 heavy (non-hydrogen) atoms. The van der Waals surface area contributed by atoms with Gasteiger partial charge < -0.3 is 14.0 Å². The number of aromatic nitrogens is 1. The molecule has 3 heterocycles. The van der Waals surface area contributed by atoms with Crippen molar-refractivity contribution in [1.82, 2.24) is 9.29 Å². The van der Waals surface area contributed by atoms with Gasteiger partial charge in [0.05, 0.1) is 7.11 Å². The number of benzene rings is 1. The second kappa shape index (κ2) is 4.34. The Balaban J connectivity index is 1.78. The van der Waals surface area contributed by atoms with Crippen LogP contribution in [0.1, 0.15) is 5.69 Å². The molecule has 0 N–H and O–H groups in total. The largest absolute Gasteiger partial charge is 0.497 e. The number of methoxy groups -OCH3 is 1. The van der Waals surface area contributed by atoms with Crippen molar-refractivity contribution in [3.05, 3.63) is 60.1 Å². The highest BCUT2D eigenvalue weighted by atomic mass is 16.5. The Morgan fingerprint density at radius 1 is 1.15 bits per heavy atom. The number of allylic oxidation sites excluding steroid dienone is 1. The van der Waals surface area contributed by atoms with Crippen LogP contribution in [0.5, 0.6) is 5.75 Å². The van der Waals surface area contributed by atoms with Gasteiger partial charge in [0.15, 0.2) is 0 Å². The predicted molar refractivity (Wildman–Crippen MR) is 81.4 cm³/mol. The van der Waals surface area contributed by atoms with Crippen LogP contribution < -0.4 is 4.74 Å². The van der Waals surface area contributed by atoms with Crippen LogP contribution in [0.2, 0.25) is 0 Å². The summed E-state index contributed by atoms with van der Waals surface area (Å²) in [6, 6.07) is 10.4. The number of nitrogens with zero attached hydrogens (tertiary/aromatic N) is 2. The first-order valence-corrected chi connectivity index (χ1v) is 6.70. The van der Waals surface area contributed by atoms with Gasteiger partial charge in [-0.3, -0.25) is 0 Å². The topological polar surface area (TPSA) is 17.4 Å². The molecule has 1 aromatic carbocycles. The molecule has 2 aliphatic rings. The third-order valence-electron chi connectivity index (χ3n) is 3.83. The highest BCUT2D eigenvalue weighted by molar-refractivity contribution is 6.33. The van der Waals surface area contributed by atoms with E-state index in [0.29, 0.717) is 0 Å². The molecule has 4 heteroatoms. The van der Waals surface area contributed by atoms with Crippen LogP contribution in [0.3, 0.4) is 0 Å². The van der Waals surface area contributed by atoms with E-state index in [1.54, 1.807) is 7.11 Å². The van der Waals surface area contributed by atoms with Crippen LogP contribution in [0.25, 0.3) is 17.2 Å². The third-order valence-corrected chi connectivity index (χ3v) is 3.83. The van der Waals surface area contributed by atoms with Crippen LogP contribution >= 0.6 is 0 Å². The number of hydrogen-bond acceptors (Lipinski definition) is 2. The summed E-state index contributed by atoms with van der Waals surface area (Å²) in [4.78, 5) is 2.24. The zero-order valence-corrected chi connectivity index (χ0v) is 11.3. The number of hydrogen-bond donors (Lipinski definition) is 0. The van der Waals surface area contributed by atoms with Gasteiger partial charge in [-0.2, -0.15) is 0 Å². The molecule has 1 aromatic heterocycles. The van der Waals surface area contributed by atoms with E-state index in [1.807, 2.05) is 12.1 Å². The minimum absolute atomic E-state index is 0.886. The van der Waals surface area contributed by atoms with Gasteiger partial charge in [0, 0.05) is 23.5 Å². The van der Waals surface area contributed by atoms with Crippen LogP contribution in [-0.2, 0) is 0 Å². The summed E-state index contributed by atoms with van der Waals surface area (Å²) in [5.41, 5.74) is 4.94. The van der Waals surface area contributed by atoms with E-state index in [1.165, 1.54) is 22.5 Å². The van der Waals surface area contributed by atoms with Gasteiger partial charge in [-0.15, -0.1) is 0 Å². The maximum atomic E-state index is 5.22. The molecule has 0 atom stereocenters. The molecule has 97 valence electrons. The van der Waals surface area contributed by atoms with Crippen molar-refractivity contribution in [3.8, 4) is 16.9 Å². The first kappa shape index (κ1) is 11.5. The lowest BCUT2D eigenvalue weighted by molar-refractivity contribution is 0.415. The van der Waals surface area contributed by atoms with Crippen molar-refractivity contribution in [2.24, 2.45) is 0 Å². The summed E-state index contributed by atoms with van der Waals surface area (Å²) in [6.07, 6.45) is 8.70. The lowest BCUT2D eigenvalue weighted by Gasteiger charge is -2.25. The van der Waals surface area contributed by atoms with Crippen LogP contribution in [0.4, 0.5) is 0 Å². The Morgan fingerprint density at radius 3 is 2.80 bits per heavy atom.